The van der Waals surface area contributed by atoms with E-state index in [0.29, 0.717) is 50.8 Å². The van der Waals surface area contributed by atoms with Crippen LogP contribution in [0.1, 0.15) is 77.7 Å². The molecule has 0 saturated carbocycles. The van der Waals surface area contributed by atoms with Crippen molar-refractivity contribution in [2.75, 3.05) is 91.1 Å². The van der Waals surface area contributed by atoms with Crippen molar-refractivity contribution in [2.45, 2.75) is 96.9 Å². The summed E-state index contributed by atoms with van der Waals surface area (Å²) in [4.78, 5) is 97.5. The van der Waals surface area contributed by atoms with Crippen LogP contribution >= 0.6 is 0 Å². The molecule has 0 bridgehead atoms. The molecule has 1 aliphatic carbocycles. The number of primary amides is 1. The minimum Gasteiger partial charge on any atom is -0.445 e. The van der Waals surface area contributed by atoms with Crippen LogP contribution in [0, 0.1) is 5.92 Å². The van der Waals surface area contributed by atoms with Gasteiger partial charge in [0.2, 0.25) is 29.5 Å². The van der Waals surface area contributed by atoms with Gasteiger partial charge in [0.15, 0.2) is 6.73 Å². The Hall–Kier alpha value is -5.88. The molecule has 68 heavy (non-hydrogen) atoms. The predicted octanol–water partition coefficient (Wildman–Crippen LogP) is 1.04. The van der Waals surface area contributed by atoms with Crippen LogP contribution in [0.5, 0.6) is 0 Å². The van der Waals surface area contributed by atoms with E-state index in [-0.39, 0.29) is 83.5 Å². The van der Waals surface area contributed by atoms with E-state index in [2.05, 4.69) is 48.0 Å². The maximum Gasteiger partial charge on any atom is 0.407 e. The first-order valence-corrected chi connectivity index (χ1v) is 22.9. The van der Waals surface area contributed by atoms with E-state index >= 15 is 0 Å². The standard InChI is InChI=1S/C45H72N8O15/c1-32(2)41(53-38(55)17-20-62-22-24-64-26-27-65-25-23-63-21-19-47-40(57)30-66-36-10-7-5-4-6-8-11-36)43(59)52-37(12-9-18-48-44(46)60)42(58)51-35-15-13-34(14-16-35)29-67-45(61)49-28-39(56)50-31-68-33(3)54/h7,10,13-16,32,36-37,41H,4-6,8-9,11-12,17-31H2,1-3H3,(H,47,57)(H,49,61)(H,50,56)(H,51,58)(H,52,59)(H,53,55)(H3,46,48,60)/b10-7-/t36?,37-,41-/m0/s1. The number of rotatable bonds is 34. The van der Waals surface area contributed by atoms with Crippen molar-refractivity contribution >= 4 is 53.3 Å². The van der Waals surface area contributed by atoms with Gasteiger partial charge in [-0.2, -0.15) is 0 Å². The molecular formula is C45H72N8O15. The number of benzene rings is 1. The first kappa shape index (κ1) is 58.2. The van der Waals surface area contributed by atoms with Crippen molar-refractivity contribution in [3.63, 3.8) is 0 Å². The molecule has 1 aromatic carbocycles. The van der Waals surface area contributed by atoms with Gasteiger partial charge >= 0.3 is 18.1 Å². The van der Waals surface area contributed by atoms with E-state index in [1.807, 2.05) is 6.08 Å². The van der Waals surface area contributed by atoms with Gasteiger partial charge in [-0.15, -0.1) is 0 Å². The van der Waals surface area contributed by atoms with Crippen LogP contribution in [0.2, 0.25) is 0 Å². The maximum absolute atomic E-state index is 13.5. The quantitative estimate of drug-likeness (QED) is 0.0207. The summed E-state index contributed by atoms with van der Waals surface area (Å²) in [6, 6.07) is 3.53. The van der Waals surface area contributed by atoms with E-state index in [9.17, 15) is 38.4 Å². The summed E-state index contributed by atoms with van der Waals surface area (Å²) < 4.78 is 37.4. The van der Waals surface area contributed by atoms with Crippen molar-refractivity contribution in [1.29, 1.82) is 0 Å². The number of hydrogen-bond donors (Lipinski definition) is 8. The zero-order valence-electron chi connectivity index (χ0n) is 39.5. The van der Waals surface area contributed by atoms with Crippen LogP contribution in [-0.2, 0) is 68.5 Å². The summed E-state index contributed by atoms with van der Waals surface area (Å²) >= 11 is 0. The lowest BCUT2D eigenvalue weighted by Crippen LogP contribution is -2.54. The number of esters is 1. The van der Waals surface area contributed by atoms with Crippen LogP contribution in [0.4, 0.5) is 15.3 Å². The average Bonchev–Trinajstić information content (AvgIpc) is 3.28. The summed E-state index contributed by atoms with van der Waals surface area (Å²) in [6.45, 7) is 6.70. The number of carbonyl (C=O) groups excluding carboxylic acids is 8. The number of amides is 8. The van der Waals surface area contributed by atoms with Crippen LogP contribution in [-0.4, -0.2) is 152 Å². The van der Waals surface area contributed by atoms with Gasteiger partial charge in [0, 0.05) is 32.1 Å². The fourth-order valence-electron chi connectivity index (χ4n) is 6.07. The monoisotopic (exact) mass is 965 g/mol. The van der Waals surface area contributed by atoms with E-state index in [1.54, 1.807) is 38.1 Å². The minimum atomic E-state index is -1.06. The van der Waals surface area contributed by atoms with Gasteiger partial charge in [0.25, 0.3) is 0 Å². The van der Waals surface area contributed by atoms with Crippen LogP contribution < -0.4 is 43.0 Å². The topological polar surface area (TPSA) is 311 Å². The Morgan fingerprint density at radius 3 is 2.04 bits per heavy atom. The Morgan fingerprint density at radius 2 is 1.38 bits per heavy atom. The van der Waals surface area contributed by atoms with Crippen molar-refractivity contribution < 1.29 is 71.5 Å². The highest BCUT2D eigenvalue weighted by atomic mass is 16.6. The number of nitrogens with two attached hydrogens (primary N) is 1. The molecule has 23 nitrogen and oxygen atoms in total. The summed E-state index contributed by atoms with van der Waals surface area (Å²) in [7, 11) is 0. The van der Waals surface area contributed by atoms with Crippen molar-refractivity contribution in [2.24, 2.45) is 11.7 Å². The number of carbonyl (C=O) groups is 8. The normalized spacial score (nSPS) is 14.7. The molecule has 23 heteroatoms. The predicted molar refractivity (Wildman–Crippen MR) is 246 cm³/mol. The molecule has 382 valence electrons. The third kappa shape index (κ3) is 29.7. The van der Waals surface area contributed by atoms with E-state index in [0.717, 1.165) is 19.3 Å². The second kappa shape index (κ2) is 36.2. The van der Waals surface area contributed by atoms with Gasteiger partial charge in [-0.25, -0.2) is 9.59 Å². The van der Waals surface area contributed by atoms with Crippen molar-refractivity contribution in [3.8, 4) is 0 Å². The van der Waals surface area contributed by atoms with Crippen molar-refractivity contribution in [1.82, 2.24) is 31.9 Å². The van der Waals surface area contributed by atoms with Gasteiger partial charge in [0.1, 0.15) is 31.8 Å². The lowest BCUT2D eigenvalue weighted by Gasteiger charge is -2.25. The molecule has 2 rings (SSSR count). The highest BCUT2D eigenvalue weighted by Gasteiger charge is 2.29. The second-order valence-corrected chi connectivity index (χ2v) is 15.7. The SMILES string of the molecule is CC(=O)OCNC(=O)CNC(=O)OCc1ccc(NC(=O)[C@H](CCCNC(N)=O)NC(=O)[C@@H](NC(=O)CCOCCOCCOCCOCCNC(=O)COC2/C=C\CCCCC2)C(C)C)cc1. The van der Waals surface area contributed by atoms with Crippen LogP contribution in [0.3, 0.4) is 0 Å². The number of anilines is 1. The van der Waals surface area contributed by atoms with Gasteiger partial charge in [0.05, 0.1) is 59.0 Å². The molecule has 0 spiro atoms. The average molecular weight is 965 g/mol. The summed E-state index contributed by atoms with van der Waals surface area (Å²) in [5, 5.41) is 17.9. The Labute approximate surface area is 397 Å². The Balaban J connectivity index is 1.65. The first-order valence-electron chi connectivity index (χ1n) is 22.9. The fraction of sp³-hybridized carbons (Fsp3) is 0.644. The molecule has 0 aromatic heterocycles. The number of hydrogen-bond acceptors (Lipinski definition) is 15. The summed E-state index contributed by atoms with van der Waals surface area (Å²) in [5.74, 6) is -3.27. The van der Waals surface area contributed by atoms with Gasteiger partial charge in [-0.1, -0.05) is 51.0 Å². The lowest BCUT2D eigenvalue weighted by atomic mass is 10.0. The molecule has 9 N–H and O–H groups in total. The second-order valence-electron chi connectivity index (χ2n) is 15.7. The molecule has 0 radical (unpaired) electrons. The molecule has 0 saturated heterocycles. The molecule has 8 amide bonds. The number of nitrogens with one attached hydrogen (secondary N) is 7. The largest absolute Gasteiger partial charge is 0.445 e. The Kier molecular flexibility index (Phi) is 31.0. The summed E-state index contributed by atoms with van der Waals surface area (Å²) in [5.41, 5.74) is 6.09. The Bertz CT molecular complexity index is 1720. The minimum absolute atomic E-state index is 0.0104. The molecule has 0 heterocycles. The molecular weight excluding hydrogens is 893 g/mol. The lowest BCUT2D eigenvalue weighted by molar-refractivity contribution is -0.142. The van der Waals surface area contributed by atoms with Crippen LogP contribution in [0.15, 0.2) is 36.4 Å². The van der Waals surface area contributed by atoms with Crippen molar-refractivity contribution in [3.05, 3.63) is 42.0 Å². The number of alkyl carbamates (subject to hydrolysis) is 1. The van der Waals surface area contributed by atoms with E-state index in [1.165, 1.54) is 19.8 Å². The molecule has 0 fully saturated rings. The Morgan fingerprint density at radius 1 is 0.706 bits per heavy atom. The first-order chi connectivity index (χ1) is 32.7. The maximum atomic E-state index is 13.5. The highest BCUT2D eigenvalue weighted by molar-refractivity contribution is 5.98. The molecule has 1 unspecified atom stereocenters. The van der Waals surface area contributed by atoms with Crippen LogP contribution in [0.25, 0.3) is 0 Å². The highest BCUT2D eigenvalue weighted by Crippen LogP contribution is 2.15. The zero-order valence-corrected chi connectivity index (χ0v) is 39.5. The third-order valence-electron chi connectivity index (χ3n) is 9.69. The third-order valence-corrected chi connectivity index (χ3v) is 9.69. The summed E-state index contributed by atoms with van der Waals surface area (Å²) in [6.07, 6.45) is 9.14. The number of allylic oxidation sites excluding steroid dienone is 1. The molecule has 3 atom stereocenters. The fourth-order valence-corrected chi connectivity index (χ4v) is 6.07. The number of urea groups is 1. The van der Waals surface area contributed by atoms with E-state index < -0.39 is 60.4 Å². The van der Waals surface area contributed by atoms with Gasteiger partial charge in [-0.05, 0) is 55.7 Å². The van der Waals surface area contributed by atoms with Gasteiger partial charge < -0.3 is 76.1 Å². The zero-order chi connectivity index (χ0) is 49.8. The smallest absolute Gasteiger partial charge is 0.407 e. The van der Waals surface area contributed by atoms with E-state index in [4.69, 9.17) is 34.2 Å². The molecule has 0 aliphatic heterocycles. The molecule has 1 aromatic rings. The number of ether oxygens (including phenoxy) is 7. The molecule has 1 aliphatic rings. The van der Waals surface area contributed by atoms with Gasteiger partial charge in [-0.3, -0.25) is 28.8 Å².